The van der Waals surface area contributed by atoms with Crippen molar-refractivity contribution in [1.29, 1.82) is 0 Å². The lowest BCUT2D eigenvalue weighted by molar-refractivity contribution is 0.0640. The van der Waals surface area contributed by atoms with E-state index in [-0.39, 0.29) is 17.6 Å². The van der Waals surface area contributed by atoms with Crippen LogP contribution in [-0.4, -0.2) is 63.7 Å². The van der Waals surface area contributed by atoms with E-state index in [1.807, 2.05) is 54.3 Å². The molecule has 3 heterocycles. The molecule has 0 spiro atoms. The molecule has 0 saturated carbocycles. The second-order valence-electron chi connectivity index (χ2n) is 7.29. The number of anilines is 1. The lowest BCUT2D eigenvalue weighted by Gasteiger charge is -2.33. The van der Waals surface area contributed by atoms with E-state index in [0.717, 1.165) is 25.2 Å². The van der Waals surface area contributed by atoms with Crippen LogP contribution in [0.3, 0.4) is 0 Å². The summed E-state index contributed by atoms with van der Waals surface area (Å²) in [7, 11) is 0. The maximum absolute atomic E-state index is 13.1. The van der Waals surface area contributed by atoms with Crippen molar-refractivity contribution in [3.8, 4) is 0 Å². The monoisotopic (exact) mass is 391 g/mol. The number of carbonyl (C=O) groups is 2. The largest absolute Gasteiger partial charge is 0.335 e. The van der Waals surface area contributed by atoms with Crippen LogP contribution in [0.25, 0.3) is 5.52 Å². The molecule has 0 atom stereocenters. The SMILES string of the molecule is CCN1CCN(C(=O)c2nc(C(=O)Nc3cccc(C)c3)n3ccccc23)CC1. The van der Waals surface area contributed by atoms with Gasteiger partial charge >= 0.3 is 0 Å². The van der Waals surface area contributed by atoms with Crippen LogP contribution >= 0.6 is 0 Å². The number of nitrogens with zero attached hydrogens (tertiary/aromatic N) is 4. The summed E-state index contributed by atoms with van der Waals surface area (Å²) in [6.07, 6.45) is 1.76. The van der Waals surface area contributed by atoms with Crippen LogP contribution in [0, 0.1) is 6.92 Å². The minimum atomic E-state index is -0.341. The van der Waals surface area contributed by atoms with Gasteiger partial charge in [0.1, 0.15) is 0 Å². The molecular weight excluding hydrogens is 366 g/mol. The lowest BCUT2D eigenvalue weighted by Crippen LogP contribution is -2.48. The molecule has 3 aromatic rings. The summed E-state index contributed by atoms with van der Waals surface area (Å²) in [6, 6.07) is 13.1. The number of rotatable bonds is 4. The van der Waals surface area contributed by atoms with Gasteiger partial charge in [-0.25, -0.2) is 4.98 Å². The molecule has 1 aliphatic rings. The van der Waals surface area contributed by atoms with Gasteiger partial charge in [-0.2, -0.15) is 0 Å². The van der Waals surface area contributed by atoms with E-state index in [1.54, 1.807) is 10.6 Å². The number of aryl methyl sites for hydroxylation is 1. The predicted molar refractivity (Wildman–Crippen MR) is 112 cm³/mol. The summed E-state index contributed by atoms with van der Waals surface area (Å²) in [5.41, 5.74) is 2.72. The maximum atomic E-state index is 13.1. The van der Waals surface area contributed by atoms with Gasteiger partial charge in [-0.1, -0.05) is 25.1 Å². The molecule has 7 nitrogen and oxygen atoms in total. The predicted octanol–water partition coefficient (Wildman–Crippen LogP) is 2.67. The first-order valence-electron chi connectivity index (χ1n) is 9.93. The van der Waals surface area contributed by atoms with Crippen molar-refractivity contribution in [2.24, 2.45) is 0 Å². The van der Waals surface area contributed by atoms with Crippen molar-refractivity contribution in [3.05, 3.63) is 65.7 Å². The first-order chi connectivity index (χ1) is 14.1. The molecule has 1 aliphatic heterocycles. The number of fused-ring (bicyclic) bond motifs is 1. The van der Waals surface area contributed by atoms with E-state index in [4.69, 9.17) is 0 Å². The van der Waals surface area contributed by atoms with E-state index < -0.39 is 0 Å². The van der Waals surface area contributed by atoms with Gasteiger partial charge in [-0.3, -0.25) is 14.0 Å². The molecule has 29 heavy (non-hydrogen) atoms. The molecular formula is C22H25N5O2. The van der Waals surface area contributed by atoms with Crippen LogP contribution in [0.15, 0.2) is 48.7 Å². The van der Waals surface area contributed by atoms with Crippen LogP contribution in [-0.2, 0) is 0 Å². The third kappa shape index (κ3) is 3.86. The van der Waals surface area contributed by atoms with Crippen LogP contribution < -0.4 is 5.32 Å². The molecule has 1 aromatic carbocycles. The normalized spacial score (nSPS) is 14.9. The molecule has 1 N–H and O–H groups in total. The molecule has 0 radical (unpaired) electrons. The Morgan fingerprint density at radius 1 is 1.07 bits per heavy atom. The molecule has 2 aromatic heterocycles. The topological polar surface area (TPSA) is 69.9 Å². The van der Waals surface area contributed by atoms with E-state index in [2.05, 4.69) is 22.1 Å². The lowest BCUT2D eigenvalue weighted by atomic mass is 10.2. The van der Waals surface area contributed by atoms with Crippen molar-refractivity contribution in [3.63, 3.8) is 0 Å². The smallest absolute Gasteiger partial charge is 0.292 e. The number of likely N-dealkylation sites (N-methyl/N-ethyl adjacent to an activating group) is 1. The molecule has 0 bridgehead atoms. The Hall–Kier alpha value is -3.19. The highest BCUT2D eigenvalue weighted by molar-refractivity contribution is 6.06. The third-order valence-electron chi connectivity index (χ3n) is 5.34. The molecule has 7 heteroatoms. The summed E-state index contributed by atoms with van der Waals surface area (Å²) in [5, 5.41) is 2.88. The van der Waals surface area contributed by atoms with E-state index >= 15 is 0 Å². The zero-order valence-corrected chi connectivity index (χ0v) is 16.8. The zero-order valence-electron chi connectivity index (χ0n) is 16.8. The Kier molecular flexibility index (Phi) is 5.31. The Labute approximate surface area is 169 Å². The number of aromatic nitrogens is 2. The summed E-state index contributed by atoms with van der Waals surface area (Å²) in [4.78, 5) is 34.7. The highest BCUT2D eigenvalue weighted by atomic mass is 16.2. The second kappa shape index (κ2) is 8.05. The summed E-state index contributed by atoms with van der Waals surface area (Å²) < 4.78 is 1.68. The number of imidazole rings is 1. The van der Waals surface area contributed by atoms with Crippen LogP contribution in [0.5, 0.6) is 0 Å². The van der Waals surface area contributed by atoms with Gasteiger partial charge in [0.2, 0.25) is 5.82 Å². The van der Waals surface area contributed by atoms with E-state index in [0.29, 0.717) is 30.0 Å². The van der Waals surface area contributed by atoms with Crippen molar-refractivity contribution in [2.75, 3.05) is 38.0 Å². The van der Waals surface area contributed by atoms with Crippen molar-refractivity contribution < 1.29 is 9.59 Å². The standard InChI is InChI=1S/C22H25N5O2/c1-3-25-11-13-26(14-12-25)22(29)19-18-9-4-5-10-27(18)20(24-19)21(28)23-17-8-6-7-16(2)15-17/h4-10,15H,3,11-14H2,1-2H3,(H,23,28). The number of carbonyl (C=O) groups excluding carboxylic acids is 2. The third-order valence-corrected chi connectivity index (χ3v) is 5.34. The summed E-state index contributed by atoms with van der Waals surface area (Å²) in [6.45, 7) is 8.13. The highest BCUT2D eigenvalue weighted by Crippen LogP contribution is 2.18. The number of benzene rings is 1. The van der Waals surface area contributed by atoms with Gasteiger partial charge in [0, 0.05) is 38.1 Å². The number of piperazine rings is 1. The fourth-order valence-corrected chi connectivity index (χ4v) is 3.68. The van der Waals surface area contributed by atoms with Crippen LogP contribution in [0.4, 0.5) is 5.69 Å². The van der Waals surface area contributed by atoms with Crippen molar-refractivity contribution in [2.45, 2.75) is 13.8 Å². The molecule has 0 aliphatic carbocycles. The van der Waals surface area contributed by atoms with Gasteiger partial charge < -0.3 is 15.1 Å². The fraction of sp³-hybridized carbons (Fsp3) is 0.318. The molecule has 0 unspecified atom stereocenters. The first-order valence-corrected chi connectivity index (χ1v) is 9.93. The Morgan fingerprint density at radius 2 is 1.86 bits per heavy atom. The number of nitrogens with one attached hydrogen (secondary N) is 1. The van der Waals surface area contributed by atoms with Crippen LogP contribution in [0.1, 0.15) is 33.6 Å². The Bertz CT molecular complexity index is 1050. The molecule has 1 fully saturated rings. The Balaban J connectivity index is 1.63. The highest BCUT2D eigenvalue weighted by Gasteiger charge is 2.27. The number of pyridine rings is 1. The van der Waals surface area contributed by atoms with Gasteiger partial charge in [-0.05, 0) is 43.3 Å². The molecule has 1 saturated heterocycles. The minimum Gasteiger partial charge on any atom is -0.335 e. The van der Waals surface area contributed by atoms with Gasteiger partial charge in [0.15, 0.2) is 5.69 Å². The summed E-state index contributed by atoms with van der Waals surface area (Å²) >= 11 is 0. The van der Waals surface area contributed by atoms with Gasteiger partial charge in [0.25, 0.3) is 11.8 Å². The fourth-order valence-electron chi connectivity index (χ4n) is 3.68. The molecule has 2 amide bonds. The van der Waals surface area contributed by atoms with E-state index in [9.17, 15) is 9.59 Å². The quantitative estimate of drug-likeness (QED) is 0.742. The maximum Gasteiger partial charge on any atom is 0.292 e. The molecule has 4 rings (SSSR count). The van der Waals surface area contributed by atoms with Gasteiger partial charge in [0.05, 0.1) is 5.52 Å². The van der Waals surface area contributed by atoms with Crippen molar-refractivity contribution in [1.82, 2.24) is 19.2 Å². The number of amides is 2. The molecule has 150 valence electrons. The minimum absolute atomic E-state index is 0.126. The zero-order chi connectivity index (χ0) is 20.4. The summed E-state index contributed by atoms with van der Waals surface area (Å²) in [5.74, 6) is -0.261. The number of hydrogen-bond donors (Lipinski definition) is 1. The second-order valence-corrected chi connectivity index (χ2v) is 7.29. The number of hydrogen-bond acceptors (Lipinski definition) is 4. The average Bonchev–Trinajstić information content (AvgIpc) is 3.13. The van der Waals surface area contributed by atoms with E-state index in [1.165, 1.54) is 0 Å². The average molecular weight is 391 g/mol. The first kappa shape index (κ1) is 19.1. The van der Waals surface area contributed by atoms with Crippen LogP contribution in [0.2, 0.25) is 0 Å². The van der Waals surface area contributed by atoms with Crippen molar-refractivity contribution >= 4 is 23.0 Å². The Morgan fingerprint density at radius 3 is 2.59 bits per heavy atom. The van der Waals surface area contributed by atoms with Gasteiger partial charge in [-0.15, -0.1) is 0 Å².